The molecule has 1 aromatic carbocycles. The molecule has 1 aromatic rings. The van der Waals surface area contributed by atoms with Crippen LogP contribution < -0.4 is 5.32 Å². The number of ether oxygens (including phenoxy) is 1. The molecule has 0 aliphatic carbocycles. The molecule has 30 heavy (non-hydrogen) atoms. The Balaban J connectivity index is 2.10. The number of aliphatic hydroxyl groups excluding tert-OH is 5. The van der Waals surface area contributed by atoms with Gasteiger partial charge in [-0.2, -0.15) is 0 Å². The molecular weight excluding hydrogens is 432 g/mol. The summed E-state index contributed by atoms with van der Waals surface area (Å²) in [5, 5.41) is 51.7. The van der Waals surface area contributed by atoms with Gasteiger partial charge in [-0.3, -0.25) is 0 Å². The van der Waals surface area contributed by atoms with Crippen molar-refractivity contribution in [1.82, 2.24) is 10.2 Å². The predicted octanol–water partition coefficient (Wildman–Crippen LogP) is -1.54. The molecule has 1 unspecified atom stereocenters. The second-order valence-electron chi connectivity index (χ2n) is 6.86. The minimum Gasteiger partial charge on any atom is -0.467 e. The van der Waals surface area contributed by atoms with Gasteiger partial charge in [-0.15, -0.1) is 11.8 Å². The number of nitrogens with zero attached hydrogens (tertiary/aromatic N) is 1. The average Bonchev–Trinajstić information content (AvgIpc) is 3.22. The van der Waals surface area contributed by atoms with Gasteiger partial charge in [0, 0.05) is 12.3 Å². The zero-order valence-corrected chi connectivity index (χ0v) is 18.1. The summed E-state index contributed by atoms with van der Waals surface area (Å²) in [5.74, 6) is -0.296. The molecule has 1 aliphatic heterocycles. The quantitative estimate of drug-likeness (QED) is 0.188. The van der Waals surface area contributed by atoms with Crippen LogP contribution >= 0.6 is 24.0 Å². The SMILES string of the molecule is COC(=O)[C@@H]1CSC([C@H](O)[C@@H](O)[C@H](O)[C@H](O)CO)N1C(=S)NCCc1ccccc1. The smallest absolute Gasteiger partial charge is 0.329 e. The highest BCUT2D eigenvalue weighted by atomic mass is 32.2. The van der Waals surface area contributed by atoms with Crippen LogP contribution in [-0.4, -0.2) is 103 Å². The number of hydrogen-bond donors (Lipinski definition) is 6. The van der Waals surface area contributed by atoms with E-state index in [-0.39, 0.29) is 10.9 Å². The fourth-order valence-corrected chi connectivity index (χ4v) is 4.98. The summed E-state index contributed by atoms with van der Waals surface area (Å²) in [7, 11) is 1.25. The molecule has 0 spiro atoms. The van der Waals surface area contributed by atoms with Crippen LogP contribution in [0.2, 0.25) is 0 Å². The fourth-order valence-electron chi connectivity index (χ4n) is 3.12. The van der Waals surface area contributed by atoms with E-state index in [1.165, 1.54) is 23.8 Å². The van der Waals surface area contributed by atoms with E-state index in [2.05, 4.69) is 5.32 Å². The summed E-state index contributed by atoms with van der Waals surface area (Å²) in [6, 6.07) is 8.94. The van der Waals surface area contributed by atoms with Crippen LogP contribution in [0.5, 0.6) is 0 Å². The van der Waals surface area contributed by atoms with Crippen LogP contribution in [0.15, 0.2) is 30.3 Å². The van der Waals surface area contributed by atoms with E-state index in [1.807, 2.05) is 30.3 Å². The Morgan fingerprint density at radius 2 is 1.93 bits per heavy atom. The molecule has 9 nitrogen and oxygen atoms in total. The van der Waals surface area contributed by atoms with Gasteiger partial charge in [0.2, 0.25) is 0 Å². The molecule has 6 atom stereocenters. The highest BCUT2D eigenvalue weighted by Gasteiger charge is 2.47. The van der Waals surface area contributed by atoms with Crippen molar-refractivity contribution < 1.29 is 35.1 Å². The number of thioether (sulfide) groups is 1. The number of carbonyl (C=O) groups excluding carboxylic acids is 1. The Morgan fingerprint density at radius 3 is 2.53 bits per heavy atom. The molecule has 0 bridgehead atoms. The largest absolute Gasteiger partial charge is 0.467 e. The maximum Gasteiger partial charge on any atom is 0.329 e. The Labute approximate surface area is 184 Å². The summed E-state index contributed by atoms with van der Waals surface area (Å²) >= 11 is 6.61. The van der Waals surface area contributed by atoms with Gasteiger partial charge in [0.05, 0.1) is 13.7 Å². The third-order valence-electron chi connectivity index (χ3n) is 4.85. The van der Waals surface area contributed by atoms with Crippen LogP contribution in [-0.2, 0) is 16.0 Å². The number of methoxy groups -OCH3 is 1. The van der Waals surface area contributed by atoms with Gasteiger partial charge in [0.1, 0.15) is 35.8 Å². The Morgan fingerprint density at radius 1 is 1.27 bits per heavy atom. The first-order valence-electron chi connectivity index (χ1n) is 9.44. The molecule has 168 valence electrons. The number of hydrogen-bond acceptors (Lipinski definition) is 9. The molecular formula is C19H28N2O7S2. The van der Waals surface area contributed by atoms with E-state index >= 15 is 0 Å². The number of aliphatic hydroxyl groups is 5. The number of carbonyl (C=O) groups is 1. The molecule has 0 aromatic heterocycles. The van der Waals surface area contributed by atoms with Crippen LogP contribution in [0.25, 0.3) is 0 Å². The maximum atomic E-state index is 12.2. The van der Waals surface area contributed by atoms with E-state index in [0.717, 1.165) is 5.56 Å². The topological polar surface area (TPSA) is 143 Å². The number of benzene rings is 1. The first kappa shape index (κ1) is 24.8. The maximum absolute atomic E-state index is 12.2. The molecule has 1 heterocycles. The molecule has 1 aliphatic rings. The molecule has 6 N–H and O–H groups in total. The number of nitrogens with one attached hydrogen (secondary N) is 1. The highest BCUT2D eigenvalue weighted by molar-refractivity contribution is 8.00. The lowest BCUT2D eigenvalue weighted by Gasteiger charge is -2.36. The van der Waals surface area contributed by atoms with Crippen molar-refractivity contribution in [3.63, 3.8) is 0 Å². The van der Waals surface area contributed by atoms with Crippen LogP contribution in [0, 0.1) is 0 Å². The number of esters is 1. The highest BCUT2D eigenvalue weighted by Crippen LogP contribution is 2.34. The van der Waals surface area contributed by atoms with Crippen molar-refractivity contribution in [2.24, 2.45) is 0 Å². The van der Waals surface area contributed by atoms with Gasteiger partial charge in [0.25, 0.3) is 0 Å². The first-order chi connectivity index (χ1) is 14.3. The number of rotatable bonds is 9. The van der Waals surface area contributed by atoms with Gasteiger partial charge >= 0.3 is 5.97 Å². The van der Waals surface area contributed by atoms with Gasteiger partial charge in [-0.25, -0.2) is 4.79 Å². The Bertz CT molecular complexity index is 697. The molecule has 0 amide bonds. The first-order valence-corrected chi connectivity index (χ1v) is 10.9. The van der Waals surface area contributed by atoms with Crippen molar-refractivity contribution >= 4 is 35.1 Å². The second kappa shape index (κ2) is 11.8. The van der Waals surface area contributed by atoms with E-state index < -0.39 is 48.4 Å². The van der Waals surface area contributed by atoms with Gasteiger partial charge in [-0.05, 0) is 24.2 Å². The summed E-state index contributed by atoms with van der Waals surface area (Å²) in [4.78, 5) is 13.7. The van der Waals surface area contributed by atoms with Crippen LogP contribution in [0.3, 0.4) is 0 Å². The average molecular weight is 461 g/mol. The standard InChI is InChI=1S/C19H28N2O7S2/c1-28-18(27)12-10-30-17(16(26)15(25)14(24)13(23)9-22)21(12)19(29)20-8-7-11-5-3-2-4-6-11/h2-6,12-17,22-26H,7-10H2,1H3,(H,20,29)/t12-,13+,14+,15-,16+,17?/m0/s1. The van der Waals surface area contributed by atoms with Crippen LogP contribution in [0.1, 0.15) is 5.56 Å². The van der Waals surface area contributed by atoms with Gasteiger partial charge in [0.15, 0.2) is 5.11 Å². The Kier molecular flexibility index (Phi) is 9.75. The van der Waals surface area contributed by atoms with Crippen LogP contribution in [0.4, 0.5) is 0 Å². The molecule has 1 saturated heterocycles. The molecule has 11 heteroatoms. The summed E-state index contributed by atoms with van der Waals surface area (Å²) in [6.07, 6.45) is -6.04. The lowest BCUT2D eigenvalue weighted by Crippen LogP contribution is -2.57. The second-order valence-corrected chi connectivity index (χ2v) is 8.40. The third kappa shape index (κ3) is 6.03. The summed E-state index contributed by atoms with van der Waals surface area (Å²) in [6.45, 7) is -0.300. The lowest BCUT2D eigenvalue weighted by atomic mass is 10.0. The predicted molar refractivity (Wildman–Crippen MR) is 116 cm³/mol. The van der Waals surface area contributed by atoms with E-state index in [0.29, 0.717) is 13.0 Å². The zero-order chi connectivity index (χ0) is 22.3. The van der Waals surface area contributed by atoms with Crippen molar-refractivity contribution in [2.45, 2.75) is 42.3 Å². The zero-order valence-electron chi connectivity index (χ0n) is 16.5. The minimum absolute atomic E-state index is 0.194. The normalized spacial score (nSPS) is 22.8. The van der Waals surface area contributed by atoms with Gasteiger partial charge < -0.3 is 40.5 Å². The number of thiocarbonyl (C=S) groups is 1. The van der Waals surface area contributed by atoms with E-state index in [9.17, 15) is 25.2 Å². The van der Waals surface area contributed by atoms with E-state index in [4.69, 9.17) is 22.1 Å². The summed E-state index contributed by atoms with van der Waals surface area (Å²) in [5.41, 5.74) is 1.10. The lowest BCUT2D eigenvalue weighted by molar-refractivity contribution is -0.146. The van der Waals surface area contributed by atoms with Gasteiger partial charge in [-0.1, -0.05) is 30.3 Å². The van der Waals surface area contributed by atoms with E-state index in [1.54, 1.807) is 0 Å². The summed E-state index contributed by atoms with van der Waals surface area (Å²) < 4.78 is 4.83. The molecule has 0 radical (unpaired) electrons. The monoisotopic (exact) mass is 460 g/mol. The molecule has 1 fully saturated rings. The molecule has 2 rings (SSSR count). The fraction of sp³-hybridized carbons (Fsp3) is 0.579. The third-order valence-corrected chi connectivity index (χ3v) is 6.56. The molecule has 0 saturated carbocycles. The van der Waals surface area contributed by atoms with Crippen molar-refractivity contribution in [1.29, 1.82) is 0 Å². The van der Waals surface area contributed by atoms with Crippen molar-refractivity contribution in [3.05, 3.63) is 35.9 Å². The van der Waals surface area contributed by atoms with Crippen molar-refractivity contribution in [3.8, 4) is 0 Å². The minimum atomic E-state index is -1.77. The van der Waals surface area contributed by atoms with Crippen molar-refractivity contribution in [2.75, 3.05) is 26.0 Å². The Hall–Kier alpha value is -1.47.